The number of imidazole rings is 1. The van der Waals surface area contributed by atoms with Crippen LogP contribution in [0.15, 0.2) is 12.5 Å². The van der Waals surface area contributed by atoms with E-state index in [1.807, 2.05) is 7.05 Å². The number of hydrogen-bond acceptors (Lipinski definition) is 2. The average Bonchev–Trinajstić information content (AvgIpc) is 2.79. The van der Waals surface area contributed by atoms with Gasteiger partial charge in [0.15, 0.2) is 5.78 Å². The lowest BCUT2D eigenvalue weighted by molar-refractivity contribution is 0.0971. The second-order valence-electron chi connectivity index (χ2n) is 5.04. The van der Waals surface area contributed by atoms with E-state index in [1.54, 1.807) is 17.1 Å². The number of carbonyl (C=O) groups excluding carboxylic acids is 1. The molecule has 1 aromatic heterocycles. The standard InChI is InChI=1S/C15H26N2O/c1-3-4-5-6-7-8-9-10-11-15(18)14-12-16-13-17(14)2/h12-13H,3-11H2,1-2H3. The predicted octanol–water partition coefficient (Wildman–Crippen LogP) is 4.13. The number of rotatable bonds is 10. The van der Waals surface area contributed by atoms with Crippen LogP contribution in [0.2, 0.25) is 0 Å². The lowest BCUT2D eigenvalue weighted by atomic mass is 10.1. The van der Waals surface area contributed by atoms with Gasteiger partial charge < -0.3 is 4.57 Å². The maximum absolute atomic E-state index is 11.8. The molecule has 0 spiro atoms. The first-order valence-electron chi connectivity index (χ1n) is 7.25. The molecule has 0 fully saturated rings. The van der Waals surface area contributed by atoms with Crippen LogP contribution in [0.25, 0.3) is 0 Å². The fourth-order valence-electron chi connectivity index (χ4n) is 2.17. The van der Waals surface area contributed by atoms with E-state index in [4.69, 9.17) is 0 Å². The zero-order valence-corrected chi connectivity index (χ0v) is 11.8. The Morgan fingerprint density at radius 1 is 1.11 bits per heavy atom. The molecule has 0 unspecified atom stereocenters. The molecule has 1 rings (SSSR count). The lowest BCUT2D eigenvalue weighted by Gasteiger charge is -2.02. The molecule has 0 bridgehead atoms. The molecule has 0 saturated carbocycles. The van der Waals surface area contributed by atoms with Gasteiger partial charge in [0.25, 0.3) is 0 Å². The summed E-state index contributed by atoms with van der Waals surface area (Å²) in [5.74, 6) is 0.223. The minimum atomic E-state index is 0.223. The van der Waals surface area contributed by atoms with Crippen molar-refractivity contribution < 1.29 is 4.79 Å². The number of Topliss-reactive ketones (excluding diaryl/α,β-unsaturated/α-hetero) is 1. The molecule has 0 atom stereocenters. The van der Waals surface area contributed by atoms with Gasteiger partial charge in [0.2, 0.25) is 0 Å². The van der Waals surface area contributed by atoms with Crippen LogP contribution in [0.4, 0.5) is 0 Å². The van der Waals surface area contributed by atoms with Crippen molar-refractivity contribution in [3.05, 3.63) is 18.2 Å². The van der Waals surface area contributed by atoms with Crippen molar-refractivity contribution in [1.82, 2.24) is 9.55 Å². The molecule has 18 heavy (non-hydrogen) atoms. The highest BCUT2D eigenvalue weighted by molar-refractivity contribution is 5.94. The molecule has 0 aliphatic carbocycles. The SMILES string of the molecule is CCCCCCCCCCC(=O)c1cncn1C. The Balaban J connectivity index is 2.01. The van der Waals surface area contributed by atoms with Crippen LogP contribution in [0, 0.1) is 0 Å². The Kier molecular flexibility index (Phi) is 7.38. The van der Waals surface area contributed by atoms with Crippen molar-refractivity contribution in [2.75, 3.05) is 0 Å². The first kappa shape index (κ1) is 14.9. The number of aromatic nitrogens is 2. The molecule has 0 radical (unpaired) electrons. The molecular weight excluding hydrogens is 224 g/mol. The molecule has 1 heterocycles. The monoisotopic (exact) mass is 250 g/mol. The third-order valence-electron chi connectivity index (χ3n) is 3.36. The zero-order valence-electron chi connectivity index (χ0n) is 11.8. The normalized spacial score (nSPS) is 10.8. The van der Waals surface area contributed by atoms with E-state index < -0.39 is 0 Å². The van der Waals surface area contributed by atoms with Gasteiger partial charge in [-0.25, -0.2) is 4.98 Å². The molecule has 3 nitrogen and oxygen atoms in total. The van der Waals surface area contributed by atoms with Crippen molar-refractivity contribution in [3.8, 4) is 0 Å². The van der Waals surface area contributed by atoms with Gasteiger partial charge in [0, 0.05) is 13.5 Å². The van der Waals surface area contributed by atoms with Gasteiger partial charge in [0.1, 0.15) is 5.69 Å². The summed E-state index contributed by atoms with van der Waals surface area (Å²) in [5, 5.41) is 0. The van der Waals surface area contributed by atoms with Crippen molar-refractivity contribution in [1.29, 1.82) is 0 Å². The van der Waals surface area contributed by atoms with Crippen LogP contribution >= 0.6 is 0 Å². The molecule has 0 aliphatic rings. The van der Waals surface area contributed by atoms with E-state index in [0.29, 0.717) is 6.42 Å². The second kappa shape index (κ2) is 8.90. The van der Waals surface area contributed by atoms with Crippen molar-refractivity contribution in [2.45, 2.75) is 64.7 Å². The zero-order chi connectivity index (χ0) is 13.2. The number of hydrogen-bond donors (Lipinski definition) is 0. The first-order valence-corrected chi connectivity index (χ1v) is 7.25. The predicted molar refractivity (Wildman–Crippen MR) is 74.8 cm³/mol. The summed E-state index contributed by atoms with van der Waals surface area (Å²) in [5.41, 5.74) is 0.734. The van der Waals surface area contributed by atoms with Crippen LogP contribution < -0.4 is 0 Å². The van der Waals surface area contributed by atoms with Crippen LogP contribution in [0.3, 0.4) is 0 Å². The molecular formula is C15H26N2O. The van der Waals surface area contributed by atoms with E-state index in [2.05, 4.69) is 11.9 Å². The Morgan fingerprint density at radius 3 is 2.28 bits per heavy atom. The Labute approximate surface area is 111 Å². The van der Waals surface area contributed by atoms with Gasteiger partial charge in [-0.1, -0.05) is 51.9 Å². The van der Waals surface area contributed by atoms with Crippen LogP contribution in [-0.2, 0) is 7.05 Å². The number of unbranched alkanes of at least 4 members (excludes halogenated alkanes) is 7. The third kappa shape index (κ3) is 5.48. The topological polar surface area (TPSA) is 34.9 Å². The second-order valence-corrected chi connectivity index (χ2v) is 5.04. The number of ketones is 1. The highest BCUT2D eigenvalue weighted by atomic mass is 16.1. The van der Waals surface area contributed by atoms with E-state index in [0.717, 1.165) is 12.1 Å². The van der Waals surface area contributed by atoms with E-state index in [1.165, 1.54) is 44.9 Å². The van der Waals surface area contributed by atoms with E-state index in [9.17, 15) is 4.79 Å². The van der Waals surface area contributed by atoms with Crippen LogP contribution in [0.5, 0.6) is 0 Å². The summed E-state index contributed by atoms with van der Waals surface area (Å²) < 4.78 is 1.80. The Morgan fingerprint density at radius 2 is 1.72 bits per heavy atom. The van der Waals surface area contributed by atoms with Crippen LogP contribution in [0.1, 0.15) is 75.2 Å². The fourth-order valence-corrected chi connectivity index (χ4v) is 2.17. The molecule has 0 amide bonds. The van der Waals surface area contributed by atoms with Crippen LogP contribution in [-0.4, -0.2) is 15.3 Å². The molecule has 3 heteroatoms. The van der Waals surface area contributed by atoms with E-state index in [-0.39, 0.29) is 5.78 Å². The molecule has 0 saturated heterocycles. The summed E-state index contributed by atoms with van der Waals surface area (Å²) in [7, 11) is 1.87. The van der Waals surface area contributed by atoms with Gasteiger partial charge in [-0.15, -0.1) is 0 Å². The number of aryl methyl sites for hydroxylation is 1. The minimum absolute atomic E-state index is 0.223. The summed E-state index contributed by atoms with van der Waals surface area (Å²) in [6.07, 6.45) is 14.2. The summed E-state index contributed by atoms with van der Waals surface area (Å²) in [4.78, 5) is 15.8. The largest absolute Gasteiger partial charge is 0.331 e. The van der Waals surface area contributed by atoms with Gasteiger partial charge in [-0.2, -0.15) is 0 Å². The smallest absolute Gasteiger partial charge is 0.180 e. The van der Waals surface area contributed by atoms with Gasteiger partial charge in [-0.05, 0) is 6.42 Å². The quantitative estimate of drug-likeness (QED) is 0.462. The third-order valence-corrected chi connectivity index (χ3v) is 3.36. The molecule has 0 aliphatic heterocycles. The lowest BCUT2D eigenvalue weighted by Crippen LogP contribution is -2.04. The molecule has 102 valence electrons. The number of carbonyl (C=O) groups is 1. The summed E-state index contributed by atoms with van der Waals surface area (Å²) >= 11 is 0. The maximum Gasteiger partial charge on any atom is 0.180 e. The highest BCUT2D eigenvalue weighted by Gasteiger charge is 2.08. The molecule has 0 aromatic carbocycles. The Hall–Kier alpha value is -1.12. The summed E-state index contributed by atoms with van der Waals surface area (Å²) in [6, 6.07) is 0. The molecule has 0 N–H and O–H groups in total. The van der Waals surface area contributed by atoms with Crippen molar-refractivity contribution in [3.63, 3.8) is 0 Å². The number of nitrogens with zero attached hydrogens (tertiary/aromatic N) is 2. The van der Waals surface area contributed by atoms with Gasteiger partial charge in [-0.3, -0.25) is 4.79 Å². The summed E-state index contributed by atoms with van der Waals surface area (Å²) in [6.45, 7) is 2.24. The van der Waals surface area contributed by atoms with Gasteiger partial charge in [0.05, 0.1) is 12.5 Å². The van der Waals surface area contributed by atoms with Crippen molar-refractivity contribution in [2.24, 2.45) is 7.05 Å². The van der Waals surface area contributed by atoms with Crippen molar-refractivity contribution >= 4 is 5.78 Å². The highest BCUT2D eigenvalue weighted by Crippen LogP contribution is 2.11. The molecule has 1 aromatic rings. The van der Waals surface area contributed by atoms with Gasteiger partial charge >= 0.3 is 0 Å². The minimum Gasteiger partial charge on any atom is -0.331 e. The fraction of sp³-hybridized carbons (Fsp3) is 0.733. The average molecular weight is 250 g/mol. The maximum atomic E-state index is 11.8. The Bertz CT molecular complexity index is 344. The van der Waals surface area contributed by atoms with E-state index >= 15 is 0 Å². The first-order chi connectivity index (χ1) is 8.75.